The van der Waals surface area contributed by atoms with E-state index >= 15 is 0 Å². The molecule has 0 radical (unpaired) electrons. The van der Waals surface area contributed by atoms with Crippen molar-refractivity contribution in [1.29, 1.82) is 0 Å². The van der Waals surface area contributed by atoms with Crippen LogP contribution in [-0.4, -0.2) is 24.7 Å². The highest BCUT2D eigenvalue weighted by molar-refractivity contribution is 14.1. The van der Waals surface area contributed by atoms with Crippen LogP contribution in [0.15, 0.2) is 42.7 Å². The molecule has 6 heteroatoms. The second-order valence-electron chi connectivity index (χ2n) is 4.83. The molecule has 0 spiro atoms. The number of halogens is 1. The van der Waals surface area contributed by atoms with Gasteiger partial charge in [0.2, 0.25) is 0 Å². The van der Waals surface area contributed by atoms with E-state index < -0.39 is 5.97 Å². The third kappa shape index (κ3) is 5.80. The zero-order chi connectivity index (χ0) is 18.1. The highest BCUT2D eigenvalue weighted by atomic mass is 127. The Kier molecular flexibility index (Phi) is 7.29. The average molecular weight is 449 g/mol. The molecule has 0 aliphatic rings. The van der Waals surface area contributed by atoms with E-state index in [0.717, 1.165) is 14.7 Å². The molecular weight excluding hydrogens is 433 g/mol. The summed E-state index contributed by atoms with van der Waals surface area (Å²) in [6.07, 6.45) is 11.5. The Morgan fingerprint density at radius 3 is 2.96 bits per heavy atom. The quantitative estimate of drug-likeness (QED) is 0.281. The maximum absolute atomic E-state index is 11.5. The van der Waals surface area contributed by atoms with Gasteiger partial charge in [-0.25, -0.2) is 4.79 Å². The first kappa shape index (κ1) is 18.8. The Bertz CT molecular complexity index is 797. The lowest BCUT2D eigenvalue weighted by molar-refractivity contribution is -0.136. The summed E-state index contributed by atoms with van der Waals surface area (Å²) in [4.78, 5) is 15.5. The summed E-state index contributed by atoms with van der Waals surface area (Å²) < 4.78 is 16.9. The number of hydrogen-bond acceptors (Lipinski definition) is 5. The smallest absolute Gasteiger partial charge is 0.331 e. The number of hydrogen-bond donors (Lipinski definition) is 0. The van der Waals surface area contributed by atoms with Crippen LogP contribution < -0.4 is 9.47 Å². The Balaban J connectivity index is 2.13. The lowest BCUT2D eigenvalue weighted by Gasteiger charge is -2.13. The van der Waals surface area contributed by atoms with Crippen LogP contribution >= 0.6 is 22.6 Å². The lowest BCUT2D eigenvalue weighted by Crippen LogP contribution is -2.01. The third-order valence-electron chi connectivity index (χ3n) is 3.07. The van der Waals surface area contributed by atoms with E-state index in [9.17, 15) is 4.79 Å². The summed E-state index contributed by atoms with van der Waals surface area (Å²) in [5, 5.41) is 0. The van der Waals surface area contributed by atoms with E-state index in [0.29, 0.717) is 18.1 Å². The fourth-order valence-electron chi connectivity index (χ4n) is 1.94. The SMILES string of the molecule is C#CCOC(=O)/C=C/c1cc(I)c(OCc2cccnc2)c(OC)c1. The molecule has 0 fully saturated rings. The van der Waals surface area contributed by atoms with Gasteiger partial charge in [-0.3, -0.25) is 4.98 Å². The molecule has 1 aromatic heterocycles. The number of methoxy groups -OCH3 is 1. The standard InChI is InChI=1S/C19H16INO4/c1-3-9-24-18(22)7-6-14-10-16(20)19(17(11-14)23-2)25-13-15-5-4-8-21-12-15/h1,4-8,10-12H,9,13H2,2H3/b7-6+. The maximum atomic E-state index is 11.5. The van der Waals surface area contributed by atoms with E-state index in [1.54, 1.807) is 31.6 Å². The minimum atomic E-state index is -0.496. The molecule has 0 amide bonds. The molecule has 0 saturated heterocycles. The fraction of sp³-hybridized carbons (Fsp3) is 0.158. The molecule has 5 nitrogen and oxygen atoms in total. The van der Waals surface area contributed by atoms with Crippen LogP contribution in [0.5, 0.6) is 11.5 Å². The molecule has 128 valence electrons. The highest BCUT2D eigenvalue weighted by Gasteiger charge is 2.11. The van der Waals surface area contributed by atoms with Crippen molar-refractivity contribution in [1.82, 2.24) is 4.98 Å². The lowest BCUT2D eigenvalue weighted by atomic mass is 10.2. The second kappa shape index (κ2) is 9.69. The Labute approximate surface area is 160 Å². The molecule has 2 rings (SSSR count). The van der Waals surface area contributed by atoms with Crippen molar-refractivity contribution in [2.45, 2.75) is 6.61 Å². The third-order valence-corrected chi connectivity index (χ3v) is 3.87. The number of nitrogens with zero attached hydrogens (tertiary/aromatic N) is 1. The van der Waals surface area contributed by atoms with Crippen molar-refractivity contribution in [3.63, 3.8) is 0 Å². The highest BCUT2D eigenvalue weighted by Crippen LogP contribution is 2.34. The summed E-state index contributed by atoms with van der Waals surface area (Å²) in [6, 6.07) is 7.46. The van der Waals surface area contributed by atoms with E-state index in [1.165, 1.54) is 6.08 Å². The molecule has 0 unspecified atom stereocenters. The van der Waals surface area contributed by atoms with E-state index in [4.69, 9.17) is 20.6 Å². The van der Waals surface area contributed by atoms with Crippen LogP contribution in [-0.2, 0) is 16.1 Å². The van der Waals surface area contributed by atoms with Crippen LogP contribution in [0.3, 0.4) is 0 Å². The molecule has 1 aromatic carbocycles. The second-order valence-corrected chi connectivity index (χ2v) is 5.99. The summed E-state index contributed by atoms with van der Waals surface area (Å²) >= 11 is 2.16. The van der Waals surface area contributed by atoms with Gasteiger partial charge >= 0.3 is 5.97 Å². The monoisotopic (exact) mass is 449 g/mol. The number of ether oxygens (including phenoxy) is 3. The van der Waals surface area contributed by atoms with Crippen LogP contribution in [0.4, 0.5) is 0 Å². The summed E-state index contributed by atoms with van der Waals surface area (Å²) in [6.45, 7) is 0.332. The first-order valence-electron chi connectivity index (χ1n) is 7.31. The minimum absolute atomic E-state index is 0.0504. The number of pyridine rings is 1. The van der Waals surface area contributed by atoms with Crippen LogP contribution in [0.25, 0.3) is 6.08 Å². The predicted molar refractivity (Wildman–Crippen MR) is 103 cm³/mol. The Morgan fingerprint density at radius 2 is 2.28 bits per heavy atom. The summed E-state index contributed by atoms with van der Waals surface area (Å²) in [5.41, 5.74) is 1.74. The molecule has 2 aromatic rings. The van der Waals surface area contributed by atoms with Crippen molar-refractivity contribution in [3.05, 3.63) is 57.4 Å². The fourth-order valence-corrected chi connectivity index (χ4v) is 2.72. The maximum Gasteiger partial charge on any atom is 0.331 e. The van der Waals surface area contributed by atoms with Gasteiger partial charge in [0, 0.05) is 24.0 Å². The van der Waals surface area contributed by atoms with Gasteiger partial charge in [0.25, 0.3) is 0 Å². The number of carbonyl (C=O) groups is 1. The van der Waals surface area contributed by atoms with Crippen molar-refractivity contribution >= 4 is 34.6 Å². The molecule has 1 heterocycles. The Hall–Kier alpha value is -2.53. The van der Waals surface area contributed by atoms with Crippen molar-refractivity contribution < 1.29 is 19.0 Å². The predicted octanol–water partition coefficient (Wildman–Crippen LogP) is 3.46. The van der Waals surface area contributed by atoms with Crippen LogP contribution in [0.2, 0.25) is 0 Å². The number of esters is 1. The number of terminal acetylenes is 1. The summed E-state index contributed by atoms with van der Waals surface area (Å²) in [5.74, 6) is 2.96. The normalized spacial score (nSPS) is 10.3. The van der Waals surface area contributed by atoms with Gasteiger partial charge in [-0.1, -0.05) is 12.0 Å². The first-order chi connectivity index (χ1) is 12.1. The number of carbonyl (C=O) groups excluding carboxylic acids is 1. The molecular formula is C19H16INO4. The van der Waals surface area contributed by atoms with Gasteiger partial charge in [0.15, 0.2) is 18.1 Å². The zero-order valence-electron chi connectivity index (χ0n) is 13.6. The number of rotatable bonds is 7. The zero-order valence-corrected chi connectivity index (χ0v) is 15.7. The minimum Gasteiger partial charge on any atom is -0.493 e. The van der Waals surface area contributed by atoms with Gasteiger partial charge in [-0.15, -0.1) is 6.42 Å². The van der Waals surface area contributed by atoms with Crippen molar-refractivity contribution in [2.75, 3.05) is 13.7 Å². The van der Waals surface area contributed by atoms with E-state index in [1.807, 2.05) is 18.2 Å². The van der Waals surface area contributed by atoms with Gasteiger partial charge in [0.05, 0.1) is 10.7 Å². The van der Waals surface area contributed by atoms with Gasteiger partial charge < -0.3 is 14.2 Å². The topological polar surface area (TPSA) is 57.7 Å². The Morgan fingerprint density at radius 1 is 1.44 bits per heavy atom. The van der Waals surface area contributed by atoms with E-state index in [-0.39, 0.29) is 6.61 Å². The van der Waals surface area contributed by atoms with Crippen LogP contribution in [0.1, 0.15) is 11.1 Å². The molecule has 0 atom stereocenters. The number of benzene rings is 1. The summed E-state index contributed by atoms with van der Waals surface area (Å²) in [7, 11) is 1.57. The first-order valence-corrected chi connectivity index (χ1v) is 8.39. The number of aromatic nitrogens is 1. The van der Waals surface area contributed by atoms with Crippen LogP contribution in [0, 0.1) is 15.9 Å². The molecule has 0 bridgehead atoms. The van der Waals surface area contributed by atoms with Gasteiger partial charge in [-0.05, 0) is 52.4 Å². The van der Waals surface area contributed by atoms with Gasteiger partial charge in [-0.2, -0.15) is 0 Å². The van der Waals surface area contributed by atoms with Crippen molar-refractivity contribution in [2.24, 2.45) is 0 Å². The molecule has 0 aliphatic heterocycles. The molecule has 25 heavy (non-hydrogen) atoms. The van der Waals surface area contributed by atoms with E-state index in [2.05, 4.69) is 33.5 Å². The molecule has 0 saturated carbocycles. The average Bonchev–Trinajstić information content (AvgIpc) is 2.64. The largest absolute Gasteiger partial charge is 0.493 e. The van der Waals surface area contributed by atoms with Crippen molar-refractivity contribution in [3.8, 4) is 23.8 Å². The molecule has 0 N–H and O–H groups in total. The van der Waals surface area contributed by atoms with Gasteiger partial charge in [0.1, 0.15) is 6.61 Å². The molecule has 0 aliphatic carbocycles.